The number of hydrogen-bond donors (Lipinski definition) is 1. The van der Waals surface area contributed by atoms with E-state index in [-0.39, 0.29) is 57.9 Å². The second-order valence-corrected chi connectivity index (χ2v) is 14.3. The molecular formula is C29H30Cl2F2N4O5S. The first-order valence-electron chi connectivity index (χ1n) is 14.3. The van der Waals surface area contributed by atoms with Gasteiger partial charge >= 0.3 is 0 Å². The maximum absolute atomic E-state index is 14.2. The lowest BCUT2D eigenvalue weighted by molar-refractivity contribution is -0.168. The number of piperazine rings is 1. The lowest BCUT2D eigenvalue weighted by atomic mass is 9.96. The minimum Gasteiger partial charge on any atom is -0.343 e. The van der Waals surface area contributed by atoms with E-state index >= 15 is 0 Å². The van der Waals surface area contributed by atoms with Gasteiger partial charge in [-0.1, -0.05) is 42.1 Å². The molecule has 3 atom stereocenters. The summed E-state index contributed by atoms with van der Waals surface area (Å²) in [6, 6.07) is 4.57. The van der Waals surface area contributed by atoms with Gasteiger partial charge in [0.15, 0.2) is 11.6 Å². The molecule has 230 valence electrons. The Kier molecular flexibility index (Phi) is 8.16. The standard InChI is InChI=1S/C29H30Cl2F2N4O5S/c30-18-6-10-25(20(31)13-18)43(41,42)36-14-23(34-27(38)17-3-1-2-4-17)28(39)37-24(12-16-5-9-21(32)22(33)11-16)29(40)35(15-26(36)37)19-7-8-19/h5-6,9-11,13,17,19,23-24,26H,1-4,7-8,12,14-15H2,(H,34,38). The average molecular weight is 656 g/mol. The van der Waals surface area contributed by atoms with Crippen molar-refractivity contribution in [2.75, 3.05) is 13.1 Å². The SMILES string of the molecule is O=C(NC1CN(S(=O)(=O)c2ccc(Cl)cc2Cl)C2CN(C3CC3)C(=O)C(Cc3ccc(F)c(F)c3)N2C1=O)C1CCCC1. The van der Waals surface area contributed by atoms with Gasteiger partial charge in [0, 0.05) is 29.9 Å². The molecule has 9 nitrogen and oxygen atoms in total. The Hall–Kier alpha value is -2.80. The Labute approximate surface area is 258 Å². The highest BCUT2D eigenvalue weighted by Crippen LogP contribution is 2.38. The Morgan fingerprint density at radius 1 is 0.930 bits per heavy atom. The van der Waals surface area contributed by atoms with Crippen LogP contribution in [0.5, 0.6) is 0 Å². The number of sulfonamides is 1. The zero-order chi connectivity index (χ0) is 30.6. The fourth-order valence-corrected chi connectivity index (χ4v) is 8.74. The third kappa shape index (κ3) is 5.74. The molecule has 4 fully saturated rings. The number of rotatable bonds is 7. The highest BCUT2D eigenvalue weighted by molar-refractivity contribution is 7.89. The van der Waals surface area contributed by atoms with Crippen LogP contribution >= 0.6 is 23.2 Å². The highest BCUT2D eigenvalue weighted by Gasteiger charge is 2.56. The van der Waals surface area contributed by atoms with Crippen LogP contribution in [0.2, 0.25) is 10.0 Å². The number of fused-ring (bicyclic) bond motifs is 1. The monoisotopic (exact) mass is 654 g/mol. The summed E-state index contributed by atoms with van der Waals surface area (Å²) >= 11 is 12.4. The van der Waals surface area contributed by atoms with Gasteiger partial charge in [-0.25, -0.2) is 17.2 Å². The molecule has 4 aliphatic rings. The number of carbonyl (C=O) groups is 3. The second kappa shape index (κ2) is 11.6. The van der Waals surface area contributed by atoms with Crippen LogP contribution in [-0.4, -0.2) is 77.6 Å². The van der Waals surface area contributed by atoms with Crippen molar-refractivity contribution < 1.29 is 31.6 Å². The molecule has 0 spiro atoms. The maximum Gasteiger partial charge on any atom is 0.248 e. The number of amides is 3. The molecular weight excluding hydrogens is 625 g/mol. The van der Waals surface area contributed by atoms with Gasteiger partial charge < -0.3 is 15.1 Å². The third-order valence-electron chi connectivity index (χ3n) is 8.76. The van der Waals surface area contributed by atoms with Gasteiger partial charge in [-0.15, -0.1) is 0 Å². The van der Waals surface area contributed by atoms with E-state index in [1.807, 2.05) is 0 Å². The van der Waals surface area contributed by atoms with Crippen molar-refractivity contribution in [3.05, 3.63) is 63.6 Å². The van der Waals surface area contributed by atoms with Crippen LogP contribution in [0.4, 0.5) is 8.78 Å². The molecule has 2 aliphatic heterocycles. The number of benzene rings is 2. The number of nitrogens with one attached hydrogen (secondary N) is 1. The summed E-state index contributed by atoms with van der Waals surface area (Å²) < 4.78 is 57.5. The van der Waals surface area contributed by atoms with Crippen LogP contribution in [-0.2, 0) is 30.8 Å². The maximum atomic E-state index is 14.2. The van der Waals surface area contributed by atoms with Gasteiger partial charge in [-0.2, -0.15) is 4.31 Å². The zero-order valence-electron chi connectivity index (χ0n) is 23.0. The van der Waals surface area contributed by atoms with E-state index in [0.717, 1.165) is 42.1 Å². The largest absolute Gasteiger partial charge is 0.343 e. The van der Waals surface area contributed by atoms with Gasteiger partial charge in [0.05, 0.1) is 11.6 Å². The topological polar surface area (TPSA) is 107 Å². The predicted molar refractivity (Wildman–Crippen MR) is 153 cm³/mol. The van der Waals surface area contributed by atoms with Crippen LogP contribution < -0.4 is 5.32 Å². The molecule has 1 N–H and O–H groups in total. The Bertz CT molecular complexity index is 1580. The van der Waals surface area contributed by atoms with E-state index < -0.39 is 51.7 Å². The fraction of sp³-hybridized carbons (Fsp3) is 0.483. The van der Waals surface area contributed by atoms with Crippen molar-refractivity contribution in [1.82, 2.24) is 19.4 Å². The van der Waals surface area contributed by atoms with Crippen molar-refractivity contribution >= 4 is 50.9 Å². The van der Waals surface area contributed by atoms with Gasteiger partial charge in [0.2, 0.25) is 27.7 Å². The van der Waals surface area contributed by atoms with Gasteiger partial charge in [0.25, 0.3) is 0 Å². The van der Waals surface area contributed by atoms with Crippen LogP contribution in [0.1, 0.15) is 44.1 Å². The summed E-state index contributed by atoms with van der Waals surface area (Å²) in [4.78, 5) is 43.7. The minimum absolute atomic E-state index is 0.0861. The predicted octanol–water partition coefficient (Wildman–Crippen LogP) is 3.72. The molecule has 0 radical (unpaired) electrons. The number of hydrogen-bond acceptors (Lipinski definition) is 5. The van der Waals surface area contributed by atoms with Crippen molar-refractivity contribution in [3.8, 4) is 0 Å². The lowest BCUT2D eigenvalue weighted by Crippen LogP contribution is -2.76. The second-order valence-electron chi connectivity index (χ2n) is 11.6. The minimum atomic E-state index is -4.40. The molecule has 43 heavy (non-hydrogen) atoms. The van der Waals surface area contributed by atoms with E-state index in [0.29, 0.717) is 12.8 Å². The molecule has 6 rings (SSSR count). The number of nitrogens with zero attached hydrogens (tertiary/aromatic N) is 3. The lowest BCUT2D eigenvalue weighted by Gasteiger charge is -2.53. The molecule has 2 saturated heterocycles. The molecule has 0 aromatic heterocycles. The Morgan fingerprint density at radius 3 is 2.30 bits per heavy atom. The first kappa shape index (κ1) is 30.2. The molecule has 2 aliphatic carbocycles. The smallest absolute Gasteiger partial charge is 0.248 e. The molecule has 2 saturated carbocycles. The van der Waals surface area contributed by atoms with E-state index in [9.17, 15) is 31.6 Å². The molecule has 2 heterocycles. The van der Waals surface area contributed by atoms with Crippen molar-refractivity contribution in [2.45, 2.75) is 74.1 Å². The summed E-state index contributed by atoms with van der Waals surface area (Å²) in [5.41, 5.74) is 0.258. The Balaban J connectivity index is 1.43. The molecule has 2 aromatic carbocycles. The van der Waals surface area contributed by atoms with Crippen molar-refractivity contribution in [2.24, 2.45) is 5.92 Å². The highest BCUT2D eigenvalue weighted by atomic mass is 35.5. The van der Waals surface area contributed by atoms with Gasteiger partial charge in [0.1, 0.15) is 23.1 Å². The summed E-state index contributed by atoms with van der Waals surface area (Å²) in [6.45, 7) is -0.457. The summed E-state index contributed by atoms with van der Waals surface area (Å²) in [5, 5.41) is 2.87. The summed E-state index contributed by atoms with van der Waals surface area (Å²) in [6.07, 6.45) is 3.22. The van der Waals surface area contributed by atoms with Gasteiger partial charge in [-0.3, -0.25) is 14.4 Å². The first-order chi connectivity index (χ1) is 20.5. The molecule has 3 amide bonds. The van der Waals surface area contributed by atoms with Crippen molar-refractivity contribution in [3.63, 3.8) is 0 Å². The van der Waals surface area contributed by atoms with E-state index in [2.05, 4.69) is 5.32 Å². The van der Waals surface area contributed by atoms with Crippen LogP contribution in [0.15, 0.2) is 41.3 Å². The van der Waals surface area contributed by atoms with Crippen LogP contribution in [0.3, 0.4) is 0 Å². The number of halogens is 4. The van der Waals surface area contributed by atoms with E-state index in [1.165, 1.54) is 29.2 Å². The molecule has 3 unspecified atom stereocenters. The van der Waals surface area contributed by atoms with Crippen LogP contribution in [0, 0.1) is 17.6 Å². The number of carbonyl (C=O) groups excluding carboxylic acids is 3. The summed E-state index contributed by atoms with van der Waals surface area (Å²) in [5.74, 6) is -3.84. The van der Waals surface area contributed by atoms with E-state index in [1.54, 1.807) is 4.90 Å². The molecule has 0 bridgehead atoms. The quantitative estimate of drug-likeness (QED) is 0.490. The molecule has 14 heteroatoms. The molecule has 2 aromatic rings. The van der Waals surface area contributed by atoms with Gasteiger partial charge in [-0.05, 0) is 61.6 Å². The van der Waals surface area contributed by atoms with Crippen molar-refractivity contribution in [1.29, 1.82) is 0 Å². The summed E-state index contributed by atoms with van der Waals surface area (Å²) in [7, 11) is -4.40. The average Bonchev–Trinajstić information content (AvgIpc) is 3.64. The Morgan fingerprint density at radius 2 is 1.65 bits per heavy atom. The zero-order valence-corrected chi connectivity index (χ0v) is 25.3. The first-order valence-corrected chi connectivity index (χ1v) is 16.5. The normalized spacial score (nSPS) is 25.3. The van der Waals surface area contributed by atoms with E-state index in [4.69, 9.17) is 23.2 Å². The van der Waals surface area contributed by atoms with Crippen LogP contribution in [0.25, 0.3) is 0 Å². The fourth-order valence-electron chi connectivity index (χ4n) is 6.41. The third-order valence-corrected chi connectivity index (χ3v) is 11.3.